The van der Waals surface area contributed by atoms with Gasteiger partial charge in [-0.15, -0.1) is 0 Å². The Bertz CT molecular complexity index is 367. The maximum atomic E-state index is 12.3. The van der Waals surface area contributed by atoms with E-state index in [9.17, 15) is 4.79 Å². The van der Waals surface area contributed by atoms with Crippen LogP contribution in [0.25, 0.3) is 0 Å². The van der Waals surface area contributed by atoms with Crippen LogP contribution in [0.2, 0.25) is 0 Å². The molecule has 1 saturated heterocycles. The van der Waals surface area contributed by atoms with Crippen molar-refractivity contribution in [3.8, 4) is 0 Å². The summed E-state index contributed by atoms with van der Waals surface area (Å²) in [4.78, 5) is 14.3. The molecule has 0 bridgehead atoms. The Morgan fingerprint density at radius 3 is 2.41 bits per heavy atom. The summed E-state index contributed by atoms with van der Waals surface area (Å²) in [7, 11) is 0. The lowest BCUT2D eigenvalue weighted by Crippen LogP contribution is -2.57. The van der Waals surface area contributed by atoms with Crippen molar-refractivity contribution in [1.82, 2.24) is 10.2 Å². The van der Waals surface area contributed by atoms with Crippen LogP contribution in [0.15, 0.2) is 30.3 Å². The quantitative estimate of drug-likeness (QED) is 0.837. The van der Waals surface area contributed by atoms with Crippen molar-refractivity contribution in [3.05, 3.63) is 35.9 Å². The summed E-state index contributed by atoms with van der Waals surface area (Å²) >= 11 is 0. The van der Waals surface area contributed by atoms with Crippen molar-refractivity contribution in [2.45, 2.75) is 32.4 Å². The molecular formula is C14H20N2O. The maximum absolute atomic E-state index is 12.3. The second-order valence-corrected chi connectivity index (χ2v) is 4.82. The second kappa shape index (κ2) is 5.32. The second-order valence-electron chi connectivity index (χ2n) is 4.82. The van der Waals surface area contributed by atoms with Crippen LogP contribution in [0.1, 0.15) is 19.4 Å². The van der Waals surface area contributed by atoms with E-state index in [-0.39, 0.29) is 18.0 Å². The zero-order chi connectivity index (χ0) is 12.3. The van der Waals surface area contributed by atoms with Crippen LogP contribution in [-0.4, -0.2) is 36.0 Å². The first-order valence-electron chi connectivity index (χ1n) is 6.24. The van der Waals surface area contributed by atoms with Gasteiger partial charge in [0.1, 0.15) is 0 Å². The third kappa shape index (κ3) is 2.86. The van der Waals surface area contributed by atoms with Crippen LogP contribution in [0.4, 0.5) is 0 Å². The van der Waals surface area contributed by atoms with Crippen molar-refractivity contribution in [1.29, 1.82) is 0 Å². The minimum absolute atomic E-state index is 0.234. The summed E-state index contributed by atoms with van der Waals surface area (Å²) in [5.41, 5.74) is 1.09. The smallest absolute Gasteiger partial charge is 0.227 e. The Kier molecular flexibility index (Phi) is 3.79. The lowest BCUT2D eigenvalue weighted by atomic mass is 10.1. The lowest BCUT2D eigenvalue weighted by Gasteiger charge is -2.39. The minimum Gasteiger partial charge on any atom is -0.334 e. The van der Waals surface area contributed by atoms with E-state index in [0.717, 1.165) is 18.7 Å². The molecule has 2 atom stereocenters. The number of carbonyl (C=O) groups is 1. The zero-order valence-corrected chi connectivity index (χ0v) is 10.5. The maximum Gasteiger partial charge on any atom is 0.227 e. The summed E-state index contributed by atoms with van der Waals surface area (Å²) < 4.78 is 0. The molecule has 2 rings (SSSR count). The molecule has 1 heterocycles. The van der Waals surface area contributed by atoms with E-state index in [0.29, 0.717) is 6.42 Å². The number of carbonyl (C=O) groups excluding carboxylic acids is 1. The molecule has 92 valence electrons. The third-order valence-electron chi connectivity index (χ3n) is 3.32. The SMILES string of the molecule is CC1CNCC(C)N1C(=O)Cc1ccccc1. The van der Waals surface area contributed by atoms with Gasteiger partial charge in [-0.1, -0.05) is 30.3 Å². The highest BCUT2D eigenvalue weighted by atomic mass is 16.2. The predicted octanol–water partition coefficient (Wildman–Crippen LogP) is 1.44. The first-order chi connectivity index (χ1) is 8.18. The molecule has 1 aromatic rings. The summed E-state index contributed by atoms with van der Waals surface area (Å²) in [5, 5.41) is 3.34. The molecule has 0 aromatic heterocycles. The molecule has 0 aliphatic carbocycles. The van der Waals surface area contributed by atoms with Gasteiger partial charge < -0.3 is 10.2 Å². The third-order valence-corrected chi connectivity index (χ3v) is 3.32. The standard InChI is InChI=1S/C14H20N2O/c1-11-9-15-10-12(2)16(11)14(17)8-13-6-4-3-5-7-13/h3-7,11-12,15H,8-10H2,1-2H3. The highest BCUT2D eigenvalue weighted by molar-refractivity contribution is 5.79. The average molecular weight is 232 g/mol. The van der Waals surface area contributed by atoms with E-state index >= 15 is 0 Å². The van der Waals surface area contributed by atoms with Crippen molar-refractivity contribution in [2.24, 2.45) is 0 Å². The molecular weight excluding hydrogens is 212 g/mol. The van der Waals surface area contributed by atoms with Crippen molar-refractivity contribution in [2.75, 3.05) is 13.1 Å². The summed E-state index contributed by atoms with van der Waals surface area (Å²) in [6.45, 7) is 5.99. The van der Waals surface area contributed by atoms with Gasteiger partial charge in [0.05, 0.1) is 6.42 Å². The number of rotatable bonds is 2. The van der Waals surface area contributed by atoms with E-state index in [1.807, 2.05) is 35.2 Å². The number of hydrogen-bond donors (Lipinski definition) is 1. The molecule has 3 heteroatoms. The molecule has 17 heavy (non-hydrogen) atoms. The Hall–Kier alpha value is -1.35. The van der Waals surface area contributed by atoms with Gasteiger partial charge in [0.25, 0.3) is 0 Å². The van der Waals surface area contributed by atoms with Gasteiger partial charge in [-0.2, -0.15) is 0 Å². The topological polar surface area (TPSA) is 32.3 Å². The van der Waals surface area contributed by atoms with Gasteiger partial charge in [-0.3, -0.25) is 4.79 Å². The Morgan fingerprint density at radius 1 is 1.24 bits per heavy atom. The molecule has 1 N–H and O–H groups in total. The number of nitrogens with one attached hydrogen (secondary N) is 1. The molecule has 2 unspecified atom stereocenters. The van der Waals surface area contributed by atoms with Crippen LogP contribution >= 0.6 is 0 Å². The van der Waals surface area contributed by atoms with Gasteiger partial charge in [-0.25, -0.2) is 0 Å². The molecule has 1 aliphatic rings. The van der Waals surface area contributed by atoms with E-state index < -0.39 is 0 Å². The molecule has 1 aliphatic heterocycles. The van der Waals surface area contributed by atoms with Gasteiger partial charge in [0, 0.05) is 25.2 Å². The number of nitrogens with zero attached hydrogens (tertiary/aromatic N) is 1. The highest BCUT2D eigenvalue weighted by Crippen LogP contribution is 2.12. The highest BCUT2D eigenvalue weighted by Gasteiger charge is 2.28. The van der Waals surface area contributed by atoms with Gasteiger partial charge in [-0.05, 0) is 19.4 Å². The molecule has 0 radical (unpaired) electrons. The van der Waals surface area contributed by atoms with Crippen LogP contribution < -0.4 is 5.32 Å². The van der Waals surface area contributed by atoms with Crippen LogP contribution in [0.5, 0.6) is 0 Å². The molecule has 0 saturated carbocycles. The number of amides is 1. The normalized spacial score (nSPS) is 24.7. The summed E-state index contributed by atoms with van der Waals surface area (Å²) in [6.07, 6.45) is 0.509. The van der Waals surface area contributed by atoms with Crippen molar-refractivity contribution in [3.63, 3.8) is 0 Å². The Labute approximate surface area is 103 Å². The zero-order valence-electron chi connectivity index (χ0n) is 10.5. The van der Waals surface area contributed by atoms with E-state index in [1.165, 1.54) is 0 Å². The first-order valence-corrected chi connectivity index (χ1v) is 6.24. The van der Waals surface area contributed by atoms with Crippen LogP contribution in [0, 0.1) is 0 Å². The number of piperazine rings is 1. The van der Waals surface area contributed by atoms with Gasteiger partial charge in [0.2, 0.25) is 5.91 Å². The molecule has 3 nitrogen and oxygen atoms in total. The lowest BCUT2D eigenvalue weighted by molar-refractivity contribution is -0.135. The number of benzene rings is 1. The molecule has 0 spiro atoms. The first kappa shape index (κ1) is 12.1. The Morgan fingerprint density at radius 2 is 1.82 bits per heavy atom. The Balaban J connectivity index is 2.04. The molecule has 1 amide bonds. The fourth-order valence-electron chi connectivity index (χ4n) is 2.49. The minimum atomic E-state index is 0.234. The predicted molar refractivity (Wildman–Crippen MR) is 68.8 cm³/mol. The van der Waals surface area contributed by atoms with Crippen molar-refractivity contribution < 1.29 is 4.79 Å². The summed E-state index contributed by atoms with van der Waals surface area (Å²) in [6, 6.07) is 10.5. The van der Waals surface area contributed by atoms with Gasteiger partial charge in [0.15, 0.2) is 0 Å². The van der Waals surface area contributed by atoms with Crippen LogP contribution in [-0.2, 0) is 11.2 Å². The molecule has 1 aromatic carbocycles. The number of hydrogen-bond acceptors (Lipinski definition) is 2. The monoisotopic (exact) mass is 232 g/mol. The average Bonchev–Trinajstić information content (AvgIpc) is 2.30. The van der Waals surface area contributed by atoms with Crippen LogP contribution in [0.3, 0.4) is 0 Å². The summed E-state index contributed by atoms with van der Waals surface area (Å²) in [5.74, 6) is 0.234. The van der Waals surface area contributed by atoms with Crippen molar-refractivity contribution >= 4 is 5.91 Å². The molecule has 1 fully saturated rings. The van der Waals surface area contributed by atoms with E-state index in [2.05, 4.69) is 19.2 Å². The largest absolute Gasteiger partial charge is 0.334 e. The van der Waals surface area contributed by atoms with E-state index in [1.54, 1.807) is 0 Å². The fourth-order valence-corrected chi connectivity index (χ4v) is 2.49. The van der Waals surface area contributed by atoms with E-state index in [4.69, 9.17) is 0 Å². The van der Waals surface area contributed by atoms with Gasteiger partial charge >= 0.3 is 0 Å². The fraction of sp³-hybridized carbons (Fsp3) is 0.500.